The van der Waals surface area contributed by atoms with Crippen LogP contribution >= 0.6 is 0 Å². The molecule has 0 bridgehead atoms. The summed E-state index contributed by atoms with van der Waals surface area (Å²) in [4.78, 5) is 4.59. The first-order valence-electron chi connectivity index (χ1n) is 7.75. The standard InChI is InChI=1S/C18H22N2O2/c21-16-7-8-18(22)17(13-16)20-10-4-9-19(11-12-20)14-15-5-2-1-3-6-15/h1-3,5-8,13,21-22H,4,9-12,14H2. The molecule has 0 saturated carbocycles. The van der Waals surface area contributed by atoms with Crippen molar-refractivity contribution in [3.8, 4) is 11.5 Å². The van der Waals surface area contributed by atoms with Gasteiger partial charge in [-0.05, 0) is 24.1 Å². The first-order valence-corrected chi connectivity index (χ1v) is 7.75. The Bertz CT molecular complexity index is 616. The molecule has 1 saturated heterocycles. The van der Waals surface area contributed by atoms with E-state index in [0.29, 0.717) is 0 Å². The van der Waals surface area contributed by atoms with Crippen molar-refractivity contribution in [1.82, 2.24) is 4.90 Å². The Morgan fingerprint density at radius 2 is 1.68 bits per heavy atom. The molecule has 0 aliphatic carbocycles. The molecule has 116 valence electrons. The average molecular weight is 298 g/mol. The maximum Gasteiger partial charge on any atom is 0.139 e. The van der Waals surface area contributed by atoms with E-state index in [4.69, 9.17) is 0 Å². The quantitative estimate of drug-likeness (QED) is 0.856. The molecule has 0 amide bonds. The third-order valence-electron chi connectivity index (χ3n) is 4.14. The predicted molar refractivity (Wildman–Crippen MR) is 88.3 cm³/mol. The fourth-order valence-electron chi connectivity index (χ4n) is 2.98. The SMILES string of the molecule is Oc1ccc(O)c(N2CCCN(Cc3ccccc3)CC2)c1. The maximum absolute atomic E-state index is 10.0. The molecule has 4 heteroatoms. The van der Waals surface area contributed by atoms with Crippen LogP contribution in [0.2, 0.25) is 0 Å². The fourth-order valence-corrected chi connectivity index (χ4v) is 2.98. The number of hydrogen-bond acceptors (Lipinski definition) is 4. The van der Waals surface area contributed by atoms with Crippen molar-refractivity contribution in [3.63, 3.8) is 0 Å². The minimum absolute atomic E-state index is 0.193. The van der Waals surface area contributed by atoms with Gasteiger partial charge in [0.25, 0.3) is 0 Å². The van der Waals surface area contributed by atoms with Gasteiger partial charge in [-0.15, -0.1) is 0 Å². The fraction of sp³-hybridized carbons (Fsp3) is 0.333. The molecule has 0 spiro atoms. The second-order valence-corrected chi connectivity index (χ2v) is 5.78. The van der Waals surface area contributed by atoms with Crippen molar-refractivity contribution in [1.29, 1.82) is 0 Å². The van der Waals surface area contributed by atoms with E-state index in [9.17, 15) is 10.2 Å². The smallest absolute Gasteiger partial charge is 0.139 e. The van der Waals surface area contributed by atoms with Crippen LogP contribution in [0.5, 0.6) is 11.5 Å². The summed E-state index contributed by atoms with van der Waals surface area (Å²) in [6.07, 6.45) is 1.04. The van der Waals surface area contributed by atoms with E-state index in [1.807, 2.05) is 6.07 Å². The van der Waals surface area contributed by atoms with Crippen LogP contribution in [-0.4, -0.2) is 41.3 Å². The van der Waals surface area contributed by atoms with Crippen LogP contribution in [0.1, 0.15) is 12.0 Å². The van der Waals surface area contributed by atoms with Gasteiger partial charge in [0.15, 0.2) is 0 Å². The van der Waals surface area contributed by atoms with Crippen molar-refractivity contribution < 1.29 is 10.2 Å². The summed E-state index contributed by atoms with van der Waals surface area (Å²) in [6, 6.07) is 15.2. The third kappa shape index (κ3) is 3.52. The van der Waals surface area contributed by atoms with Crippen LogP contribution < -0.4 is 4.90 Å². The Labute approximate surface area is 131 Å². The number of anilines is 1. The van der Waals surface area contributed by atoms with Gasteiger partial charge in [0.1, 0.15) is 11.5 Å². The predicted octanol–water partition coefficient (Wildman–Crippen LogP) is 2.81. The molecule has 0 atom stereocenters. The summed E-state index contributed by atoms with van der Waals surface area (Å²) in [6.45, 7) is 4.70. The van der Waals surface area contributed by atoms with Crippen molar-refractivity contribution in [2.45, 2.75) is 13.0 Å². The van der Waals surface area contributed by atoms with Crippen molar-refractivity contribution >= 4 is 5.69 Å². The molecule has 22 heavy (non-hydrogen) atoms. The van der Waals surface area contributed by atoms with Gasteiger partial charge in [0.2, 0.25) is 0 Å². The molecule has 0 aromatic heterocycles. The Kier molecular flexibility index (Phi) is 4.49. The summed E-state index contributed by atoms with van der Waals surface area (Å²) in [5.41, 5.74) is 2.05. The van der Waals surface area contributed by atoms with Gasteiger partial charge in [-0.3, -0.25) is 4.90 Å². The third-order valence-corrected chi connectivity index (χ3v) is 4.14. The van der Waals surface area contributed by atoms with E-state index in [1.165, 1.54) is 11.6 Å². The zero-order chi connectivity index (χ0) is 15.4. The number of nitrogens with zero attached hydrogens (tertiary/aromatic N) is 2. The lowest BCUT2D eigenvalue weighted by molar-refractivity contribution is 0.285. The van der Waals surface area contributed by atoms with Crippen LogP contribution in [0, 0.1) is 0 Å². The highest BCUT2D eigenvalue weighted by Gasteiger charge is 2.17. The van der Waals surface area contributed by atoms with Crippen molar-refractivity contribution in [2.24, 2.45) is 0 Å². The highest BCUT2D eigenvalue weighted by atomic mass is 16.3. The molecule has 2 aromatic rings. The zero-order valence-electron chi connectivity index (χ0n) is 12.7. The molecule has 0 radical (unpaired) electrons. The lowest BCUT2D eigenvalue weighted by atomic mass is 10.2. The minimum Gasteiger partial charge on any atom is -0.508 e. The molecule has 1 fully saturated rings. The normalized spacial score (nSPS) is 16.5. The first kappa shape index (κ1) is 14.7. The van der Waals surface area contributed by atoms with E-state index in [2.05, 4.69) is 34.1 Å². The average Bonchev–Trinajstić information content (AvgIpc) is 2.76. The number of aromatic hydroxyl groups is 2. The Hall–Kier alpha value is -2.20. The van der Waals surface area contributed by atoms with Gasteiger partial charge in [0.05, 0.1) is 5.69 Å². The lowest BCUT2D eigenvalue weighted by Crippen LogP contribution is -2.30. The molecule has 3 rings (SSSR count). The Balaban J connectivity index is 1.66. The number of hydrogen-bond donors (Lipinski definition) is 2. The molecule has 1 aliphatic rings. The summed E-state index contributed by atoms with van der Waals surface area (Å²) >= 11 is 0. The first-order chi connectivity index (χ1) is 10.7. The summed E-state index contributed by atoms with van der Waals surface area (Å²) in [7, 11) is 0. The number of rotatable bonds is 3. The van der Waals surface area contributed by atoms with E-state index < -0.39 is 0 Å². The van der Waals surface area contributed by atoms with Gasteiger partial charge in [-0.2, -0.15) is 0 Å². The Morgan fingerprint density at radius 3 is 2.50 bits per heavy atom. The van der Waals surface area contributed by atoms with Gasteiger partial charge in [-0.25, -0.2) is 0 Å². The molecule has 2 aromatic carbocycles. The molecule has 0 unspecified atom stereocenters. The molecular weight excluding hydrogens is 276 g/mol. The van der Waals surface area contributed by atoms with E-state index >= 15 is 0 Å². The van der Waals surface area contributed by atoms with E-state index in [1.54, 1.807) is 12.1 Å². The van der Waals surface area contributed by atoms with Crippen LogP contribution in [0.15, 0.2) is 48.5 Å². The molecule has 4 nitrogen and oxygen atoms in total. The van der Waals surface area contributed by atoms with Crippen molar-refractivity contribution in [3.05, 3.63) is 54.1 Å². The maximum atomic E-state index is 10.0. The zero-order valence-corrected chi connectivity index (χ0v) is 12.7. The second-order valence-electron chi connectivity index (χ2n) is 5.78. The number of benzene rings is 2. The van der Waals surface area contributed by atoms with Gasteiger partial charge >= 0.3 is 0 Å². The topological polar surface area (TPSA) is 46.9 Å². The van der Waals surface area contributed by atoms with Crippen LogP contribution in [0.3, 0.4) is 0 Å². The van der Waals surface area contributed by atoms with Gasteiger partial charge < -0.3 is 15.1 Å². The Morgan fingerprint density at radius 1 is 0.864 bits per heavy atom. The molecule has 2 N–H and O–H groups in total. The van der Waals surface area contributed by atoms with Crippen LogP contribution in [-0.2, 0) is 6.54 Å². The molecule has 1 aliphatic heterocycles. The van der Waals surface area contributed by atoms with E-state index in [-0.39, 0.29) is 11.5 Å². The number of phenolic OH excluding ortho intramolecular Hbond substituents is 2. The summed E-state index contributed by atoms with van der Waals surface area (Å²) < 4.78 is 0. The van der Waals surface area contributed by atoms with Crippen molar-refractivity contribution in [2.75, 3.05) is 31.1 Å². The minimum atomic E-state index is 0.193. The number of phenols is 2. The van der Waals surface area contributed by atoms with Gasteiger partial charge in [0, 0.05) is 38.8 Å². The van der Waals surface area contributed by atoms with E-state index in [0.717, 1.165) is 44.8 Å². The molecule has 1 heterocycles. The summed E-state index contributed by atoms with van der Waals surface area (Å²) in [5.74, 6) is 0.424. The van der Waals surface area contributed by atoms with Gasteiger partial charge in [-0.1, -0.05) is 30.3 Å². The lowest BCUT2D eigenvalue weighted by Gasteiger charge is -2.24. The monoisotopic (exact) mass is 298 g/mol. The largest absolute Gasteiger partial charge is 0.508 e. The summed E-state index contributed by atoms with van der Waals surface area (Å²) in [5, 5.41) is 19.7. The highest BCUT2D eigenvalue weighted by Crippen LogP contribution is 2.31. The van der Waals surface area contributed by atoms with Crippen LogP contribution in [0.4, 0.5) is 5.69 Å². The molecular formula is C18H22N2O2. The highest BCUT2D eigenvalue weighted by molar-refractivity contribution is 5.60. The van der Waals surface area contributed by atoms with Crippen LogP contribution in [0.25, 0.3) is 0 Å². The second kappa shape index (κ2) is 6.71.